The average molecular weight is 327 g/mol. The molecule has 15 heavy (non-hydrogen) atoms. The summed E-state index contributed by atoms with van der Waals surface area (Å²) in [5, 5.41) is 3.10. The molecule has 1 aliphatic rings. The lowest BCUT2D eigenvalue weighted by Crippen LogP contribution is -2.26. The first-order chi connectivity index (χ1) is 7.11. The number of rotatable bonds is 1. The number of nitrogens with one attached hydrogen (secondary N) is 1. The van der Waals surface area contributed by atoms with Crippen molar-refractivity contribution in [2.45, 2.75) is 19.4 Å². The first-order valence-electron chi connectivity index (χ1n) is 4.59. The van der Waals surface area contributed by atoms with Crippen LogP contribution in [0, 0.1) is 9.39 Å². The van der Waals surface area contributed by atoms with E-state index in [-0.39, 0.29) is 0 Å². The molecule has 1 heterocycles. The van der Waals surface area contributed by atoms with E-state index < -0.39 is 17.8 Å². The minimum Gasteiger partial charge on any atom is -0.312 e. The van der Waals surface area contributed by atoms with Gasteiger partial charge >= 0.3 is 0 Å². The van der Waals surface area contributed by atoms with Gasteiger partial charge in [-0.25, -0.2) is 13.2 Å². The van der Waals surface area contributed by atoms with E-state index >= 15 is 0 Å². The van der Waals surface area contributed by atoms with Gasteiger partial charge < -0.3 is 5.32 Å². The third-order valence-electron chi connectivity index (χ3n) is 2.54. The Balaban J connectivity index is 2.59. The molecule has 0 fully saturated rings. The van der Waals surface area contributed by atoms with Crippen LogP contribution in [0.1, 0.15) is 23.1 Å². The number of fused-ring (bicyclic) bond motifs is 1. The van der Waals surface area contributed by atoms with Crippen LogP contribution in [0.2, 0.25) is 0 Å². The van der Waals surface area contributed by atoms with Crippen LogP contribution in [0.25, 0.3) is 0 Å². The molecule has 1 aliphatic heterocycles. The second-order valence-electron chi connectivity index (χ2n) is 3.45. The molecule has 0 spiro atoms. The van der Waals surface area contributed by atoms with E-state index in [2.05, 4.69) is 5.32 Å². The van der Waals surface area contributed by atoms with Gasteiger partial charge in [0.2, 0.25) is 0 Å². The van der Waals surface area contributed by atoms with Crippen LogP contribution in [0.15, 0.2) is 6.07 Å². The van der Waals surface area contributed by atoms with Gasteiger partial charge in [0, 0.05) is 10.1 Å². The third kappa shape index (κ3) is 1.99. The first kappa shape index (κ1) is 11.2. The molecular weight excluding hydrogens is 318 g/mol. The maximum Gasteiger partial charge on any atom is 0.266 e. The molecule has 82 valence electrons. The minimum absolute atomic E-state index is 0.455. The van der Waals surface area contributed by atoms with E-state index in [1.54, 1.807) is 0 Å². The Labute approximate surface area is 99.2 Å². The SMILES string of the molecule is Fc1c(C(F)F)cc(I)c2c1CCNC2. The van der Waals surface area contributed by atoms with E-state index in [1.807, 2.05) is 22.6 Å². The molecule has 0 amide bonds. The summed E-state index contributed by atoms with van der Waals surface area (Å²) in [4.78, 5) is 0. The van der Waals surface area contributed by atoms with Crippen LogP contribution >= 0.6 is 22.6 Å². The topological polar surface area (TPSA) is 12.0 Å². The highest BCUT2D eigenvalue weighted by Gasteiger charge is 2.23. The van der Waals surface area contributed by atoms with Gasteiger partial charge in [-0.15, -0.1) is 0 Å². The molecule has 0 radical (unpaired) electrons. The smallest absolute Gasteiger partial charge is 0.266 e. The van der Waals surface area contributed by atoms with Crippen molar-refractivity contribution in [3.05, 3.63) is 32.1 Å². The summed E-state index contributed by atoms with van der Waals surface area (Å²) in [5.74, 6) is -0.720. The van der Waals surface area contributed by atoms with Gasteiger partial charge in [-0.1, -0.05) is 0 Å². The standard InChI is InChI=1S/C10H9F3IN/c11-9-5-1-2-15-4-7(5)8(14)3-6(9)10(12)13/h3,10,15H,1-2,4H2. The number of alkyl halides is 2. The molecule has 1 aromatic carbocycles. The molecule has 0 aromatic heterocycles. The molecule has 1 N–H and O–H groups in total. The fourth-order valence-electron chi connectivity index (χ4n) is 1.78. The number of halogens is 4. The van der Waals surface area contributed by atoms with Crippen molar-refractivity contribution in [3.8, 4) is 0 Å². The molecule has 0 aliphatic carbocycles. The Morgan fingerprint density at radius 2 is 2.07 bits per heavy atom. The maximum absolute atomic E-state index is 13.7. The third-order valence-corrected chi connectivity index (χ3v) is 3.50. The van der Waals surface area contributed by atoms with Crippen molar-refractivity contribution < 1.29 is 13.2 Å². The average Bonchev–Trinajstić information content (AvgIpc) is 2.23. The highest BCUT2D eigenvalue weighted by molar-refractivity contribution is 14.1. The van der Waals surface area contributed by atoms with E-state index in [0.29, 0.717) is 28.6 Å². The summed E-state index contributed by atoms with van der Waals surface area (Å²) in [6.45, 7) is 1.21. The summed E-state index contributed by atoms with van der Waals surface area (Å²) < 4.78 is 39.4. The zero-order valence-electron chi connectivity index (χ0n) is 7.79. The molecule has 5 heteroatoms. The molecule has 0 atom stereocenters. The Bertz CT molecular complexity index is 393. The molecule has 0 unspecified atom stereocenters. The van der Waals surface area contributed by atoms with Crippen LogP contribution in [0.5, 0.6) is 0 Å². The van der Waals surface area contributed by atoms with E-state index in [9.17, 15) is 13.2 Å². The second kappa shape index (κ2) is 4.29. The summed E-state index contributed by atoms with van der Waals surface area (Å²) >= 11 is 1.98. The Morgan fingerprint density at radius 1 is 1.33 bits per heavy atom. The van der Waals surface area contributed by atoms with E-state index in [0.717, 1.165) is 5.56 Å². The van der Waals surface area contributed by atoms with Crippen molar-refractivity contribution in [1.29, 1.82) is 0 Å². The van der Waals surface area contributed by atoms with Gasteiger partial charge in [0.15, 0.2) is 0 Å². The number of hydrogen-bond donors (Lipinski definition) is 1. The van der Waals surface area contributed by atoms with Gasteiger partial charge in [-0.2, -0.15) is 0 Å². The monoisotopic (exact) mass is 327 g/mol. The van der Waals surface area contributed by atoms with Crippen molar-refractivity contribution in [2.24, 2.45) is 0 Å². The summed E-state index contributed by atoms with van der Waals surface area (Å²) in [5.41, 5.74) is 0.805. The molecule has 1 nitrogen and oxygen atoms in total. The molecule has 2 rings (SSSR count). The highest BCUT2D eigenvalue weighted by atomic mass is 127. The van der Waals surface area contributed by atoms with Gasteiger partial charge in [0.25, 0.3) is 6.43 Å². The van der Waals surface area contributed by atoms with Gasteiger partial charge in [-0.3, -0.25) is 0 Å². The Morgan fingerprint density at radius 3 is 2.73 bits per heavy atom. The van der Waals surface area contributed by atoms with Crippen molar-refractivity contribution in [2.75, 3.05) is 6.54 Å². The second-order valence-corrected chi connectivity index (χ2v) is 4.61. The largest absolute Gasteiger partial charge is 0.312 e. The van der Waals surface area contributed by atoms with Crippen LogP contribution in [-0.2, 0) is 13.0 Å². The van der Waals surface area contributed by atoms with Gasteiger partial charge in [0.05, 0.1) is 5.56 Å². The van der Waals surface area contributed by atoms with Crippen molar-refractivity contribution >= 4 is 22.6 Å². The molecule has 0 saturated heterocycles. The summed E-state index contributed by atoms with van der Waals surface area (Å²) in [6, 6.07) is 1.24. The van der Waals surface area contributed by atoms with Crippen molar-refractivity contribution in [3.63, 3.8) is 0 Å². The molecule has 1 aromatic rings. The summed E-state index contributed by atoms with van der Waals surface area (Å²) in [7, 11) is 0. The molecule has 0 saturated carbocycles. The summed E-state index contributed by atoms with van der Waals surface area (Å²) in [6.07, 6.45) is -2.25. The van der Waals surface area contributed by atoms with Gasteiger partial charge in [-0.05, 0) is 52.7 Å². The zero-order valence-corrected chi connectivity index (χ0v) is 9.95. The maximum atomic E-state index is 13.7. The Hall–Kier alpha value is -0.300. The highest BCUT2D eigenvalue weighted by Crippen LogP contribution is 2.31. The molecule has 0 bridgehead atoms. The van der Waals surface area contributed by atoms with Crippen LogP contribution in [-0.4, -0.2) is 6.54 Å². The zero-order chi connectivity index (χ0) is 11.0. The first-order valence-corrected chi connectivity index (χ1v) is 5.67. The Kier molecular flexibility index (Phi) is 3.20. The van der Waals surface area contributed by atoms with Crippen LogP contribution < -0.4 is 5.32 Å². The van der Waals surface area contributed by atoms with E-state index in [1.165, 1.54) is 6.07 Å². The predicted molar refractivity (Wildman–Crippen MR) is 59.5 cm³/mol. The minimum atomic E-state index is -2.74. The normalized spacial score (nSPS) is 15.5. The fraction of sp³-hybridized carbons (Fsp3) is 0.400. The lowest BCUT2D eigenvalue weighted by Gasteiger charge is -2.20. The molecular formula is C10H9F3IN. The van der Waals surface area contributed by atoms with Gasteiger partial charge in [0.1, 0.15) is 5.82 Å². The van der Waals surface area contributed by atoms with Crippen LogP contribution in [0.4, 0.5) is 13.2 Å². The van der Waals surface area contributed by atoms with Crippen molar-refractivity contribution in [1.82, 2.24) is 5.32 Å². The number of benzene rings is 1. The predicted octanol–water partition coefficient (Wildman–Crippen LogP) is 3.01. The van der Waals surface area contributed by atoms with E-state index in [4.69, 9.17) is 0 Å². The lowest BCUT2D eigenvalue weighted by atomic mass is 9.97. The number of hydrogen-bond acceptors (Lipinski definition) is 1. The fourth-order valence-corrected chi connectivity index (χ4v) is 2.63. The quantitative estimate of drug-likeness (QED) is 0.782. The van der Waals surface area contributed by atoms with Crippen LogP contribution in [0.3, 0.4) is 0 Å². The lowest BCUT2D eigenvalue weighted by molar-refractivity contribution is 0.146.